The van der Waals surface area contributed by atoms with Crippen LogP contribution < -0.4 is 0 Å². The molecule has 0 amide bonds. The number of nitrogens with zero attached hydrogens (tertiary/aromatic N) is 2. The summed E-state index contributed by atoms with van der Waals surface area (Å²) in [6.45, 7) is 4.48. The Morgan fingerprint density at radius 2 is 1.00 bits per heavy atom. The van der Waals surface area contributed by atoms with Crippen molar-refractivity contribution < 1.29 is 10.2 Å². The molecule has 0 saturated carbocycles. The lowest BCUT2D eigenvalue weighted by Gasteiger charge is -2.41. The van der Waals surface area contributed by atoms with Crippen LogP contribution in [-0.2, 0) is 0 Å². The van der Waals surface area contributed by atoms with E-state index in [1.165, 1.54) is 64.2 Å². The van der Waals surface area contributed by atoms with Crippen molar-refractivity contribution in [1.29, 1.82) is 0 Å². The van der Waals surface area contributed by atoms with Crippen LogP contribution in [0.2, 0.25) is 0 Å². The molecule has 27 heavy (non-hydrogen) atoms. The third-order valence-electron chi connectivity index (χ3n) is 5.39. The van der Waals surface area contributed by atoms with Crippen LogP contribution in [0.15, 0.2) is 0 Å². The first kappa shape index (κ1) is 24.2. The van der Waals surface area contributed by atoms with Crippen molar-refractivity contribution in [1.82, 2.24) is 10.0 Å². The largest absolute Gasteiger partial charge is 0.377 e. The molecule has 0 aromatic rings. The fourth-order valence-electron chi connectivity index (χ4n) is 3.74. The molecule has 7 heteroatoms. The fourth-order valence-corrected chi connectivity index (χ4v) is 9.49. The zero-order valence-corrected chi connectivity index (χ0v) is 19.7. The first-order valence-corrected chi connectivity index (χ1v) is 14.3. The molecule has 2 bridgehead atoms. The van der Waals surface area contributed by atoms with Gasteiger partial charge >= 0.3 is 0 Å². The Morgan fingerprint density at radius 1 is 0.630 bits per heavy atom. The first-order valence-electron chi connectivity index (χ1n) is 11.1. The third kappa shape index (κ3) is 7.91. The van der Waals surface area contributed by atoms with E-state index in [9.17, 15) is 10.2 Å². The normalized spacial score (nSPS) is 25.3. The molecule has 2 saturated heterocycles. The average Bonchev–Trinajstić information content (AvgIpc) is 3.28. The minimum Gasteiger partial charge on any atom is -0.377 e. The van der Waals surface area contributed by atoms with Gasteiger partial charge in [0.1, 0.15) is 21.9 Å². The van der Waals surface area contributed by atoms with Crippen LogP contribution in [0.25, 0.3) is 0 Å². The molecule has 0 radical (unpaired) electrons. The van der Waals surface area contributed by atoms with E-state index in [2.05, 4.69) is 23.9 Å². The molecule has 0 aliphatic carbocycles. The maximum absolute atomic E-state index is 10.8. The van der Waals surface area contributed by atoms with Crippen LogP contribution >= 0.6 is 33.3 Å². The molecular weight excluding hydrogens is 396 g/mol. The van der Waals surface area contributed by atoms with Crippen molar-refractivity contribution in [2.75, 3.05) is 0 Å². The topological polar surface area (TPSA) is 46.9 Å². The van der Waals surface area contributed by atoms with Gasteiger partial charge < -0.3 is 10.2 Å². The van der Waals surface area contributed by atoms with Gasteiger partial charge in [0, 0.05) is 0 Å². The van der Waals surface area contributed by atoms with Crippen LogP contribution in [0.5, 0.6) is 0 Å². The van der Waals surface area contributed by atoms with E-state index in [0.29, 0.717) is 0 Å². The molecule has 2 heterocycles. The highest BCUT2D eigenvalue weighted by Crippen LogP contribution is 2.60. The highest BCUT2D eigenvalue weighted by atomic mass is 33.1. The molecule has 0 aromatic heterocycles. The zero-order chi connectivity index (χ0) is 19.5. The Balaban J connectivity index is 1.71. The molecule has 4 nitrogen and oxygen atoms in total. The van der Waals surface area contributed by atoms with E-state index >= 15 is 0 Å². The number of fused-ring (bicyclic) bond motifs is 2. The fraction of sp³-hybridized carbons (Fsp3) is 1.00. The highest BCUT2D eigenvalue weighted by Gasteiger charge is 2.51. The van der Waals surface area contributed by atoms with E-state index in [-0.39, 0.29) is 9.41 Å². The summed E-state index contributed by atoms with van der Waals surface area (Å²) in [5.41, 5.74) is 0. The Labute approximate surface area is 179 Å². The van der Waals surface area contributed by atoms with Crippen LogP contribution in [0.1, 0.15) is 104 Å². The Hall–Kier alpha value is 0.890. The van der Waals surface area contributed by atoms with Gasteiger partial charge in [0.25, 0.3) is 0 Å². The molecule has 0 aromatic carbocycles. The van der Waals surface area contributed by atoms with E-state index in [4.69, 9.17) is 0 Å². The molecule has 2 aliphatic heterocycles. The van der Waals surface area contributed by atoms with Gasteiger partial charge in [0.05, 0.1) is 0 Å². The summed E-state index contributed by atoms with van der Waals surface area (Å²) in [6, 6.07) is 0. The van der Waals surface area contributed by atoms with E-state index in [0.717, 1.165) is 25.7 Å². The SMILES string of the molecule is CCCCCCCCC(O)N1C2SSC(S2)N1C(O)CCCCCCCC. The predicted octanol–water partition coefficient (Wildman–Crippen LogP) is 6.35. The van der Waals surface area contributed by atoms with Gasteiger partial charge in [-0.05, 0) is 25.7 Å². The summed E-state index contributed by atoms with van der Waals surface area (Å²) in [6.07, 6.45) is 15.6. The second-order valence-electron chi connectivity index (χ2n) is 7.78. The standard InChI is InChI=1S/C20H40N2O2S3/c1-3-5-7-9-11-13-15-17(23)21-19-25-20(27-26-19)22(21)18(24)16-14-12-10-8-6-4-2/h17-20,23-24H,3-16H2,1-2H3. The Bertz CT molecular complexity index is 358. The molecule has 4 atom stereocenters. The van der Waals surface area contributed by atoms with E-state index < -0.39 is 12.5 Å². The van der Waals surface area contributed by atoms with Crippen molar-refractivity contribution >= 4 is 33.3 Å². The van der Waals surface area contributed by atoms with Crippen LogP contribution in [0.4, 0.5) is 0 Å². The smallest absolute Gasteiger partial charge is 0.131 e. The lowest BCUT2D eigenvalue weighted by atomic mass is 10.1. The van der Waals surface area contributed by atoms with Crippen LogP contribution in [-0.4, -0.2) is 42.1 Å². The van der Waals surface area contributed by atoms with Gasteiger partial charge in [-0.3, -0.25) is 0 Å². The maximum atomic E-state index is 10.8. The van der Waals surface area contributed by atoms with Crippen molar-refractivity contribution in [2.45, 2.75) is 126 Å². The zero-order valence-electron chi connectivity index (χ0n) is 17.2. The lowest BCUT2D eigenvalue weighted by Crippen LogP contribution is -2.54. The van der Waals surface area contributed by atoms with E-state index in [1.807, 2.05) is 33.3 Å². The number of aliphatic hydroxyl groups is 2. The van der Waals surface area contributed by atoms with Crippen LogP contribution in [0.3, 0.4) is 0 Å². The molecule has 4 unspecified atom stereocenters. The summed E-state index contributed by atoms with van der Waals surface area (Å²) in [5.74, 6) is 0. The van der Waals surface area contributed by atoms with Gasteiger partial charge in [0.2, 0.25) is 0 Å². The second kappa shape index (κ2) is 14.0. The molecule has 160 valence electrons. The van der Waals surface area contributed by atoms with Gasteiger partial charge in [-0.1, -0.05) is 111 Å². The van der Waals surface area contributed by atoms with Gasteiger partial charge in [0.15, 0.2) is 0 Å². The van der Waals surface area contributed by atoms with Crippen molar-refractivity contribution in [3.8, 4) is 0 Å². The van der Waals surface area contributed by atoms with E-state index in [1.54, 1.807) is 0 Å². The molecule has 2 aliphatic rings. The van der Waals surface area contributed by atoms with Gasteiger partial charge in [-0.15, -0.1) is 0 Å². The van der Waals surface area contributed by atoms with Gasteiger partial charge in [-0.25, -0.2) is 0 Å². The number of hydrogen-bond acceptors (Lipinski definition) is 7. The van der Waals surface area contributed by atoms with Crippen LogP contribution in [0, 0.1) is 0 Å². The monoisotopic (exact) mass is 436 g/mol. The maximum Gasteiger partial charge on any atom is 0.131 e. The highest BCUT2D eigenvalue weighted by molar-refractivity contribution is 8.83. The predicted molar refractivity (Wildman–Crippen MR) is 122 cm³/mol. The number of hydrogen-bond donors (Lipinski definition) is 2. The summed E-state index contributed by atoms with van der Waals surface area (Å²) in [7, 11) is 3.66. The average molecular weight is 437 g/mol. The minimum atomic E-state index is -0.466. The molecule has 2 fully saturated rings. The molecule has 2 N–H and O–H groups in total. The number of unbranched alkanes of at least 4 members (excludes halogenated alkanes) is 10. The summed E-state index contributed by atoms with van der Waals surface area (Å²) < 4.78 is 0.489. The number of hydrazine groups is 1. The Kier molecular flexibility index (Phi) is 12.5. The summed E-state index contributed by atoms with van der Waals surface area (Å²) in [5, 5.41) is 25.7. The number of aliphatic hydroxyl groups excluding tert-OH is 2. The second-order valence-corrected chi connectivity index (χ2v) is 12.0. The van der Waals surface area contributed by atoms with Crippen molar-refractivity contribution in [3.63, 3.8) is 0 Å². The summed E-state index contributed by atoms with van der Waals surface area (Å²) >= 11 is 1.86. The van der Waals surface area contributed by atoms with Gasteiger partial charge in [-0.2, -0.15) is 10.0 Å². The quantitative estimate of drug-likeness (QED) is 0.216. The lowest BCUT2D eigenvalue weighted by molar-refractivity contribution is -0.190. The number of rotatable bonds is 16. The van der Waals surface area contributed by atoms with Crippen molar-refractivity contribution in [2.24, 2.45) is 0 Å². The summed E-state index contributed by atoms with van der Waals surface area (Å²) in [4.78, 5) is 0. The molecule has 2 rings (SSSR count). The third-order valence-corrected chi connectivity index (χ3v) is 10.6. The Morgan fingerprint density at radius 3 is 1.41 bits per heavy atom. The number of thioether (sulfide) groups is 1. The van der Waals surface area contributed by atoms with Crippen molar-refractivity contribution in [3.05, 3.63) is 0 Å². The molecule has 0 spiro atoms. The molecular formula is C20H40N2O2S3. The first-order chi connectivity index (χ1) is 13.2. The minimum absolute atomic E-state index is 0.245.